The van der Waals surface area contributed by atoms with Crippen molar-refractivity contribution in [1.82, 2.24) is 0 Å². The van der Waals surface area contributed by atoms with Crippen molar-refractivity contribution in [2.45, 2.75) is 12.8 Å². The number of carboxylic acids is 1. The van der Waals surface area contributed by atoms with Crippen LogP contribution in [0.1, 0.15) is 12.8 Å². The number of carbonyl (C=O) groups is 1. The van der Waals surface area contributed by atoms with E-state index in [2.05, 4.69) is 12.2 Å². The monoisotopic (exact) mass is 150 g/mol. The number of rotatable bonds is 1. The van der Waals surface area contributed by atoms with Crippen molar-refractivity contribution in [1.29, 1.82) is 0 Å². The van der Waals surface area contributed by atoms with E-state index in [0.29, 0.717) is 11.8 Å². The highest BCUT2D eigenvalue weighted by molar-refractivity contribution is 5.81. The van der Waals surface area contributed by atoms with Crippen LogP contribution in [0.15, 0.2) is 23.8 Å². The van der Waals surface area contributed by atoms with Gasteiger partial charge in [0.05, 0.1) is 0 Å². The Hall–Kier alpha value is -1.05. The number of carboxylic acid groups (broad SMARTS) is 1. The fraction of sp³-hybridized carbons (Fsp3) is 0.444. The van der Waals surface area contributed by atoms with Crippen molar-refractivity contribution in [3.05, 3.63) is 23.8 Å². The summed E-state index contributed by atoms with van der Waals surface area (Å²) in [5.41, 5.74) is 1.12. The van der Waals surface area contributed by atoms with Gasteiger partial charge in [0.2, 0.25) is 0 Å². The van der Waals surface area contributed by atoms with Gasteiger partial charge in [-0.05, 0) is 24.7 Å². The molecule has 0 radical (unpaired) electrons. The standard InChI is InChI=1S/C9H10O2/c10-9(11)5-7-4-6-2-1-3-8(6)7/h1-2,5-6,8H,3-4H2,(H,10,11)/b7-5-/t6-,8-/m1/s1. The van der Waals surface area contributed by atoms with Gasteiger partial charge < -0.3 is 5.11 Å². The Morgan fingerprint density at radius 2 is 2.55 bits per heavy atom. The Kier molecular flexibility index (Phi) is 1.34. The van der Waals surface area contributed by atoms with Gasteiger partial charge in [0.15, 0.2) is 0 Å². The smallest absolute Gasteiger partial charge is 0.328 e. The van der Waals surface area contributed by atoms with Crippen LogP contribution in [0.2, 0.25) is 0 Å². The molecule has 0 bridgehead atoms. The predicted octanol–water partition coefficient (Wildman–Crippen LogP) is 1.59. The quantitative estimate of drug-likeness (QED) is 0.455. The van der Waals surface area contributed by atoms with Gasteiger partial charge in [0.1, 0.15) is 0 Å². The molecule has 2 rings (SSSR count). The molecule has 1 saturated carbocycles. The molecule has 0 aliphatic heterocycles. The van der Waals surface area contributed by atoms with Crippen LogP contribution in [0.4, 0.5) is 0 Å². The molecule has 0 aromatic rings. The lowest BCUT2D eigenvalue weighted by Crippen LogP contribution is -2.24. The highest BCUT2D eigenvalue weighted by Gasteiger charge is 2.36. The van der Waals surface area contributed by atoms with Gasteiger partial charge in [-0.1, -0.05) is 17.7 Å². The highest BCUT2D eigenvalue weighted by Crippen LogP contribution is 2.46. The normalized spacial score (nSPS) is 36.9. The van der Waals surface area contributed by atoms with Crippen LogP contribution >= 0.6 is 0 Å². The van der Waals surface area contributed by atoms with Gasteiger partial charge >= 0.3 is 5.97 Å². The van der Waals surface area contributed by atoms with Crippen molar-refractivity contribution < 1.29 is 9.90 Å². The molecule has 0 aromatic carbocycles. The van der Waals surface area contributed by atoms with E-state index in [-0.39, 0.29) is 0 Å². The number of aliphatic carboxylic acids is 1. The lowest BCUT2D eigenvalue weighted by molar-refractivity contribution is -0.131. The van der Waals surface area contributed by atoms with Crippen molar-refractivity contribution in [3.8, 4) is 0 Å². The van der Waals surface area contributed by atoms with Crippen molar-refractivity contribution >= 4 is 5.97 Å². The molecule has 0 saturated heterocycles. The molecule has 58 valence electrons. The number of hydrogen-bond acceptors (Lipinski definition) is 1. The van der Waals surface area contributed by atoms with Crippen LogP contribution in [0.3, 0.4) is 0 Å². The van der Waals surface area contributed by atoms with E-state index < -0.39 is 5.97 Å². The summed E-state index contributed by atoms with van der Waals surface area (Å²) < 4.78 is 0. The first-order chi connectivity index (χ1) is 5.27. The van der Waals surface area contributed by atoms with Gasteiger partial charge in [-0.3, -0.25) is 0 Å². The van der Waals surface area contributed by atoms with Crippen LogP contribution in [0, 0.1) is 11.8 Å². The molecule has 1 fully saturated rings. The number of fused-ring (bicyclic) bond motifs is 1. The summed E-state index contributed by atoms with van der Waals surface area (Å²) >= 11 is 0. The summed E-state index contributed by atoms with van der Waals surface area (Å²) in [6.45, 7) is 0. The van der Waals surface area contributed by atoms with Crippen molar-refractivity contribution in [2.24, 2.45) is 11.8 Å². The van der Waals surface area contributed by atoms with E-state index in [1.807, 2.05) is 0 Å². The van der Waals surface area contributed by atoms with Crippen LogP contribution in [0.5, 0.6) is 0 Å². The van der Waals surface area contributed by atoms with E-state index in [1.165, 1.54) is 6.08 Å². The lowest BCUT2D eigenvalue weighted by atomic mass is 9.71. The van der Waals surface area contributed by atoms with E-state index in [4.69, 9.17) is 5.11 Å². The zero-order valence-electron chi connectivity index (χ0n) is 6.16. The molecular formula is C9H10O2. The maximum atomic E-state index is 10.3. The third-order valence-electron chi connectivity index (χ3n) is 2.55. The molecular weight excluding hydrogens is 140 g/mol. The molecule has 2 atom stereocenters. The average molecular weight is 150 g/mol. The number of allylic oxidation sites excluding steroid dienone is 3. The second-order valence-electron chi connectivity index (χ2n) is 3.20. The third-order valence-corrected chi connectivity index (χ3v) is 2.55. The summed E-state index contributed by atoms with van der Waals surface area (Å²) in [6, 6.07) is 0. The van der Waals surface area contributed by atoms with Gasteiger partial charge in [-0.25, -0.2) is 4.79 Å². The second-order valence-corrected chi connectivity index (χ2v) is 3.20. The topological polar surface area (TPSA) is 37.3 Å². The minimum atomic E-state index is -0.801. The first-order valence-corrected chi connectivity index (χ1v) is 3.87. The molecule has 1 N–H and O–H groups in total. The molecule has 0 spiro atoms. The number of hydrogen-bond donors (Lipinski definition) is 1. The van der Waals surface area contributed by atoms with Crippen molar-refractivity contribution in [2.75, 3.05) is 0 Å². The first kappa shape index (κ1) is 6.65. The van der Waals surface area contributed by atoms with Crippen LogP contribution in [-0.4, -0.2) is 11.1 Å². The Balaban J connectivity index is 2.07. The first-order valence-electron chi connectivity index (χ1n) is 3.87. The molecule has 2 aliphatic rings. The molecule has 11 heavy (non-hydrogen) atoms. The van der Waals surface area contributed by atoms with Crippen LogP contribution in [0.25, 0.3) is 0 Å². The van der Waals surface area contributed by atoms with Gasteiger partial charge in [0.25, 0.3) is 0 Å². The Morgan fingerprint density at radius 1 is 1.73 bits per heavy atom. The summed E-state index contributed by atoms with van der Waals surface area (Å²) in [5.74, 6) is 0.386. The maximum Gasteiger partial charge on any atom is 0.328 e. The molecule has 0 amide bonds. The van der Waals surface area contributed by atoms with Crippen LogP contribution < -0.4 is 0 Å². The second kappa shape index (κ2) is 2.22. The SMILES string of the molecule is O=C(O)/C=C1/C[C@H]2C=CC[C@@H]12. The van der Waals surface area contributed by atoms with Crippen LogP contribution in [-0.2, 0) is 4.79 Å². The predicted molar refractivity (Wildman–Crippen MR) is 41.1 cm³/mol. The summed E-state index contributed by atoms with van der Waals surface area (Å²) in [5, 5.41) is 8.47. The maximum absolute atomic E-state index is 10.3. The third kappa shape index (κ3) is 0.985. The largest absolute Gasteiger partial charge is 0.478 e. The molecule has 2 heteroatoms. The van der Waals surface area contributed by atoms with E-state index in [9.17, 15) is 4.79 Å². The molecule has 2 aliphatic carbocycles. The average Bonchev–Trinajstić information content (AvgIpc) is 2.26. The van der Waals surface area contributed by atoms with Gasteiger partial charge in [-0.2, -0.15) is 0 Å². The van der Waals surface area contributed by atoms with Crippen molar-refractivity contribution in [3.63, 3.8) is 0 Å². The molecule has 0 aromatic heterocycles. The molecule has 0 unspecified atom stereocenters. The molecule has 2 nitrogen and oxygen atoms in total. The Morgan fingerprint density at radius 3 is 3.18 bits per heavy atom. The van der Waals surface area contributed by atoms with E-state index in [0.717, 1.165) is 18.4 Å². The van der Waals surface area contributed by atoms with E-state index in [1.54, 1.807) is 0 Å². The summed E-state index contributed by atoms with van der Waals surface area (Å²) in [6.07, 6.45) is 7.73. The Labute approximate surface area is 65.2 Å². The minimum Gasteiger partial charge on any atom is -0.478 e. The zero-order valence-corrected chi connectivity index (χ0v) is 6.16. The van der Waals surface area contributed by atoms with Gasteiger partial charge in [0, 0.05) is 6.08 Å². The summed E-state index contributed by atoms with van der Waals surface area (Å²) in [4.78, 5) is 10.3. The molecule has 0 heterocycles. The lowest BCUT2D eigenvalue weighted by Gasteiger charge is -2.33. The fourth-order valence-electron chi connectivity index (χ4n) is 1.93. The Bertz CT molecular complexity index is 250. The van der Waals surface area contributed by atoms with Gasteiger partial charge in [-0.15, -0.1) is 0 Å². The fourth-order valence-corrected chi connectivity index (χ4v) is 1.93. The highest BCUT2D eigenvalue weighted by atomic mass is 16.4. The van der Waals surface area contributed by atoms with E-state index >= 15 is 0 Å². The zero-order chi connectivity index (χ0) is 7.84. The summed E-state index contributed by atoms with van der Waals surface area (Å²) in [7, 11) is 0. The minimum absolute atomic E-state index is 0.533.